The zero-order valence-electron chi connectivity index (χ0n) is 12.9. The number of ether oxygens (including phenoxy) is 1. The van der Waals surface area contributed by atoms with Gasteiger partial charge in [0.1, 0.15) is 17.2 Å². The molecule has 2 aromatic rings. The van der Waals surface area contributed by atoms with Crippen LogP contribution in [0.25, 0.3) is 0 Å². The molecule has 0 N–H and O–H groups in total. The van der Waals surface area contributed by atoms with Crippen LogP contribution in [0.3, 0.4) is 0 Å². The molecule has 3 rings (SSSR count). The Bertz CT molecular complexity index is 765. The summed E-state index contributed by atoms with van der Waals surface area (Å²) in [6, 6.07) is 10.4. The summed E-state index contributed by atoms with van der Waals surface area (Å²) in [7, 11) is 1.54. The van der Waals surface area contributed by atoms with Crippen molar-refractivity contribution < 1.29 is 18.7 Å². The van der Waals surface area contributed by atoms with E-state index in [2.05, 4.69) is 5.10 Å². The van der Waals surface area contributed by atoms with Gasteiger partial charge in [-0.3, -0.25) is 9.59 Å². The van der Waals surface area contributed by atoms with E-state index in [4.69, 9.17) is 9.15 Å². The minimum Gasteiger partial charge on any atom is -0.497 e. The third kappa shape index (κ3) is 2.88. The second kappa shape index (κ2) is 6.08. The van der Waals surface area contributed by atoms with E-state index in [0.717, 1.165) is 0 Å². The van der Waals surface area contributed by atoms with Gasteiger partial charge in [-0.05, 0) is 24.3 Å². The van der Waals surface area contributed by atoms with E-state index in [9.17, 15) is 9.59 Å². The summed E-state index contributed by atoms with van der Waals surface area (Å²) >= 11 is 0. The molecule has 1 atom stereocenters. The number of hydrogen-bond acceptors (Lipinski definition) is 5. The van der Waals surface area contributed by atoms with Gasteiger partial charge in [0.15, 0.2) is 0 Å². The minimum atomic E-state index is -0.368. The Morgan fingerprint density at radius 1 is 1.30 bits per heavy atom. The number of benzene rings is 1. The highest BCUT2D eigenvalue weighted by Crippen LogP contribution is 2.28. The number of amides is 1. The molecule has 1 aromatic heterocycles. The zero-order valence-corrected chi connectivity index (χ0v) is 12.9. The molecule has 2 heterocycles. The summed E-state index contributed by atoms with van der Waals surface area (Å²) in [6.07, 6.45) is 1.54. The molecule has 0 unspecified atom stereocenters. The largest absolute Gasteiger partial charge is 0.497 e. The van der Waals surface area contributed by atoms with Crippen LogP contribution in [0, 0.1) is 0 Å². The van der Waals surface area contributed by atoms with Gasteiger partial charge in [-0.15, -0.1) is 0 Å². The quantitative estimate of drug-likeness (QED) is 0.813. The molecule has 0 bridgehead atoms. The van der Waals surface area contributed by atoms with E-state index in [1.54, 1.807) is 49.8 Å². The predicted molar refractivity (Wildman–Crippen MR) is 83.6 cm³/mol. The van der Waals surface area contributed by atoms with Crippen LogP contribution in [-0.2, 0) is 4.79 Å². The van der Waals surface area contributed by atoms with Crippen LogP contribution in [0.2, 0.25) is 0 Å². The lowest BCUT2D eigenvalue weighted by molar-refractivity contribution is -0.128. The lowest BCUT2D eigenvalue weighted by Crippen LogP contribution is -2.24. The first-order valence-corrected chi connectivity index (χ1v) is 7.19. The molecule has 0 saturated carbocycles. The highest BCUT2D eigenvalue weighted by atomic mass is 16.5. The van der Waals surface area contributed by atoms with Crippen molar-refractivity contribution in [2.24, 2.45) is 5.10 Å². The number of methoxy groups -OCH3 is 1. The molecular formula is C17H16N2O4. The molecule has 1 amide bonds. The van der Waals surface area contributed by atoms with Gasteiger partial charge in [-0.1, -0.05) is 12.1 Å². The lowest BCUT2D eigenvalue weighted by Gasteiger charge is -2.11. The molecule has 0 fully saturated rings. The summed E-state index contributed by atoms with van der Waals surface area (Å²) < 4.78 is 10.6. The van der Waals surface area contributed by atoms with Crippen LogP contribution in [-0.4, -0.2) is 36.1 Å². The van der Waals surface area contributed by atoms with Crippen LogP contribution in [0.15, 0.2) is 52.2 Å². The van der Waals surface area contributed by atoms with Gasteiger partial charge in [-0.2, -0.15) is 5.10 Å². The van der Waals surface area contributed by atoms with Crippen LogP contribution in [0.4, 0.5) is 0 Å². The SMILES string of the molecule is COc1cccc(C(=O)C2=NN(C(C)=O)C[C@@H]2c2ccco2)c1. The molecule has 1 aliphatic heterocycles. The topological polar surface area (TPSA) is 72.1 Å². The number of hydrogen-bond donors (Lipinski definition) is 0. The normalized spacial score (nSPS) is 17.0. The molecule has 118 valence electrons. The predicted octanol–water partition coefficient (Wildman–Crippen LogP) is 2.47. The number of carbonyl (C=O) groups is 2. The van der Waals surface area contributed by atoms with Crippen molar-refractivity contribution in [2.75, 3.05) is 13.7 Å². The Hall–Kier alpha value is -2.89. The number of hydrazone groups is 1. The first-order chi connectivity index (χ1) is 11.1. The Morgan fingerprint density at radius 2 is 2.13 bits per heavy atom. The molecule has 6 heteroatoms. The smallest absolute Gasteiger partial charge is 0.239 e. The van der Waals surface area contributed by atoms with Crippen LogP contribution in [0.5, 0.6) is 5.75 Å². The van der Waals surface area contributed by atoms with Crippen molar-refractivity contribution in [1.29, 1.82) is 0 Å². The maximum atomic E-state index is 12.8. The van der Waals surface area contributed by atoms with Crippen molar-refractivity contribution in [1.82, 2.24) is 5.01 Å². The Morgan fingerprint density at radius 3 is 2.78 bits per heavy atom. The molecule has 0 spiro atoms. The molecule has 0 radical (unpaired) electrons. The van der Waals surface area contributed by atoms with Gasteiger partial charge in [0.2, 0.25) is 11.7 Å². The molecule has 0 aliphatic carbocycles. The molecule has 0 saturated heterocycles. The first kappa shape index (κ1) is 15.0. The number of ketones is 1. The number of Topliss-reactive ketones (excluding diaryl/α,β-unsaturated/α-hetero) is 1. The first-order valence-electron chi connectivity index (χ1n) is 7.19. The fraction of sp³-hybridized carbons (Fsp3) is 0.235. The molecule has 6 nitrogen and oxygen atoms in total. The highest BCUT2D eigenvalue weighted by Gasteiger charge is 2.36. The average Bonchev–Trinajstić information content (AvgIpc) is 3.23. The number of furan rings is 1. The van der Waals surface area contributed by atoms with Gasteiger partial charge in [0.05, 0.1) is 25.8 Å². The summed E-state index contributed by atoms with van der Waals surface area (Å²) in [5, 5.41) is 5.50. The van der Waals surface area contributed by atoms with E-state index in [-0.39, 0.29) is 17.6 Å². The molecule has 23 heavy (non-hydrogen) atoms. The third-order valence-corrected chi connectivity index (χ3v) is 3.73. The molecule has 1 aliphatic rings. The molecular weight excluding hydrogens is 296 g/mol. The third-order valence-electron chi connectivity index (χ3n) is 3.73. The van der Waals surface area contributed by atoms with Crippen LogP contribution < -0.4 is 4.74 Å². The average molecular weight is 312 g/mol. The maximum Gasteiger partial charge on any atom is 0.239 e. The standard InChI is InChI=1S/C17H16N2O4/c1-11(20)19-10-14(15-7-4-8-23-15)16(18-19)17(21)12-5-3-6-13(9-12)22-2/h3-9,14H,10H2,1-2H3/t14-/m1/s1. The minimum absolute atomic E-state index is 0.213. The van der Waals surface area contributed by atoms with Gasteiger partial charge in [-0.25, -0.2) is 5.01 Å². The Labute approximate surface area is 133 Å². The summed E-state index contributed by atoms with van der Waals surface area (Å²) in [5.74, 6) is 0.382. The summed E-state index contributed by atoms with van der Waals surface area (Å²) in [4.78, 5) is 24.4. The van der Waals surface area contributed by atoms with Gasteiger partial charge < -0.3 is 9.15 Å². The fourth-order valence-corrected chi connectivity index (χ4v) is 2.53. The number of carbonyl (C=O) groups excluding carboxylic acids is 2. The fourth-order valence-electron chi connectivity index (χ4n) is 2.53. The summed E-state index contributed by atoms with van der Waals surface area (Å²) in [5.41, 5.74) is 0.758. The van der Waals surface area contributed by atoms with Crippen molar-refractivity contribution in [2.45, 2.75) is 12.8 Å². The van der Waals surface area contributed by atoms with Gasteiger partial charge >= 0.3 is 0 Å². The molecule has 1 aromatic carbocycles. The van der Waals surface area contributed by atoms with E-state index in [1.165, 1.54) is 11.9 Å². The summed E-state index contributed by atoms with van der Waals surface area (Å²) in [6.45, 7) is 1.72. The number of rotatable bonds is 4. The van der Waals surface area contributed by atoms with Crippen LogP contribution >= 0.6 is 0 Å². The second-order valence-corrected chi connectivity index (χ2v) is 5.22. The van der Waals surface area contributed by atoms with Crippen molar-refractivity contribution in [3.63, 3.8) is 0 Å². The van der Waals surface area contributed by atoms with Crippen molar-refractivity contribution >= 4 is 17.4 Å². The Kier molecular flexibility index (Phi) is 3.97. The van der Waals surface area contributed by atoms with E-state index < -0.39 is 0 Å². The van der Waals surface area contributed by atoms with Crippen molar-refractivity contribution in [3.05, 3.63) is 54.0 Å². The monoisotopic (exact) mass is 312 g/mol. The highest BCUT2D eigenvalue weighted by molar-refractivity contribution is 6.48. The zero-order chi connectivity index (χ0) is 16.4. The van der Waals surface area contributed by atoms with Crippen LogP contribution in [0.1, 0.15) is 29.0 Å². The number of nitrogens with zero attached hydrogens (tertiary/aromatic N) is 2. The lowest BCUT2D eigenvalue weighted by atomic mass is 9.94. The van der Waals surface area contributed by atoms with E-state index in [0.29, 0.717) is 29.3 Å². The van der Waals surface area contributed by atoms with Gasteiger partial charge in [0, 0.05) is 12.5 Å². The second-order valence-electron chi connectivity index (χ2n) is 5.22. The van der Waals surface area contributed by atoms with Gasteiger partial charge in [0.25, 0.3) is 0 Å². The van der Waals surface area contributed by atoms with Crippen molar-refractivity contribution in [3.8, 4) is 5.75 Å². The van der Waals surface area contributed by atoms with E-state index >= 15 is 0 Å². The Balaban J connectivity index is 1.97. The van der Waals surface area contributed by atoms with E-state index in [1.807, 2.05) is 0 Å². The maximum absolute atomic E-state index is 12.8.